The van der Waals surface area contributed by atoms with Crippen LogP contribution in [0.4, 0.5) is 5.95 Å². The van der Waals surface area contributed by atoms with Crippen molar-refractivity contribution in [3.8, 4) is 11.5 Å². The molecule has 0 radical (unpaired) electrons. The summed E-state index contributed by atoms with van der Waals surface area (Å²) in [7, 11) is 0. The Morgan fingerprint density at radius 3 is 2.18 bits per heavy atom. The minimum atomic E-state index is 0.137. The Balaban J connectivity index is 1.64. The summed E-state index contributed by atoms with van der Waals surface area (Å²) in [6.07, 6.45) is 4.18. The molecule has 0 atom stereocenters. The first kappa shape index (κ1) is 20.4. The van der Waals surface area contributed by atoms with Gasteiger partial charge in [0.2, 0.25) is 5.95 Å². The first-order valence-corrected chi connectivity index (χ1v) is 10.2. The molecular formula is C22H32N4O2. The maximum atomic E-state index is 5.93. The summed E-state index contributed by atoms with van der Waals surface area (Å²) in [6.45, 7) is 11.1. The minimum Gasteiger partial charge on any atom is -0.491 e. The van der Waals surface area contributed by atoms with Gasteiger partial charge in [-0.3, -0.25) is 4.90 Å². The van der Waals surface area contributed by atoms with Crippen molar-refractivity contribution in [2.45, 2.75) is 65.2 Å². The van der Waals surface area contributed by atoms with Gasteiger partial charge in [-0.25, -0.2) is 9.97 Å². The molecule has 0 spiro atoms. The fourth-order valence-electron chi connectivity index (χ4n) is 3.66. The van der Waals surface area contributed by atoms with Crippen LogP contribution >= 0.6 is 0 Å². The number of aromatic nitrogens is 2. The maximum absolute atomic E-state index is 5.93. The zero-order valence-electron chi connectivity index (χ0n) is 17.4. The van der Waals surface area contributed by atoms with Gasteiger partial charge in [0.05, 0.1) is 12.2 Å². The van der Waals surface area contributed by atoms with E-state index >= 15 is 0 Å². The molecule has 1 fully saturated rings. The van der Waals surface area contributed by atoms with E-state index < -0.39 is 0 Å². The standard InChI is InChI=1S/C22H32N4O2/c1-15(2)27-19-11-17(12-20(13-19)28-16(3)4)14-26-9-6-18(7-10-26)21-5-8-24-22(23)25-21/h5,8,11-13,15-16,18H,6-7,9-10,14H2,1-4H3,(H2,23,24,25). The molecule has 0 saturated carbocycles. The summed E-state index contributed by atoms with van der Waals surface area (Å²) in [4.78, 5) is 10.9. The number of hydrogen-bond donors (Lipinski definition) is 1. The third kappa shape index (κ3) is 5.83. The number of likely N-dealkylation sites (tertiary alicyclic amines) is 1. The van der Waals surface area contributed by atoms with E-state index in [1.54, 1.807) is 6.20 Å². The molecule has 3 rings (SSSR count). The van der Waals surface area contributed by atoms with Gasteiger partial charge in [0.1, 0.15) is 11.5 Å². The molecule has 0 bridgehead atoms. The van der Waals surface area contributed by atoms with Crippen LogP contribution in [-0.4, -0.2) is 40.2 Å². The smallest absolute Gasteiger partial charge is 0.220 e. The Labute approximate surface area is 168 Å². The van der Waals surface area contributed by atoms with Crippen molar-refractivity contribution in [2.75, 3.05) is 18.8 Å². The van der Waals surface area contributed by atoms with Crippen LogP contribution in [0.1, 0.15) is 57.7 Å². The third-order valence-corrected chi connectivity index (χ3v) is 4.79. The highest BCUT2D eigenvalue weighted by Gasteiger charge is 2.22. The Kier molecular flexibility index (Phi) is 6.73. The van der Waals surface area contributed by atoms with Crippen molar-refractivity contribution in [2.24, 2.45) is 0 Å². The number of piperidine rings is 1. The molecule has 28 heavy (non-hydrogen) atoms. The van der Waals surface area contributed by atoms with Gasteiger partial charge in [-0.05, 0) is 77.4 Å². The van der Waals surface area contributed by atoms with E-state index in [4.69, 9.17) is 15.2 Å². The fourth-order valence-corrected chi connectivity index (χ4v) is 3.66. The monoisotopic (exact) mass is 384 g/mol. The zero-order valence-corrected chi connectivity index (χ0v) is 17.4. The van der Waals surface area contributed by atoms with Crippen LogP contribution in [0.25, 0.3) is 0 Å². The number of ether oxygens (including phenoxy) is 2. The van der Waals surface area contributed by atoms with E-state index in [2.05, 4.69) is 27.0 Å². The Hall–Kier alpha value is -2.34. The number of nitrogens with zero attached hydrogens (tertiary/aromatic N) is 3. The molecule has 2 aromatic rings. The summed E-state index contributed by atoms with van der Waals surface area (Å²) in [5.74, 6) is 2.56. The van der Waals surface area contributed by atoms with Crippen LogP contribution < -0.4 is 15.2 Å². The number of nitrogen functional groups attached to an aromatic ring is 1. The van der Waals surface area contributed by atoms with Gasteiger partial charge >= 0.3 is 0 Å². The summed E-state index contributed by atoms with van der Waals surface area (Å²) in [6, 6.07) is 8.23. The van der Waals surface area contributed by atoms with Crippen molar-refractivity contribution in [3.05, 3.63) is 41.7 Å². The predicted molar refractivity (Wildman–Crippen MR) is 112 cm³/mol. The first-order valence-electron chi connectivity index (χ1n) is 10.2. The van der Waals surface area contributed by atoms with Gasteiger partial charge in [0.15, 0.2) is 0 Å². The van der Waals surface area contributed by atoms with Crippen LogP contribution in [0.5, 0.6) is 11.5 Å². The lowest BCUT2D eigenvalue weighted by Gasteiger charge is -2.32. The maximum Gasteiger partial charge on any atom is 0.220 e. The quantitative estimate of drug-likeness (QED) is 0.777. The van der Waals surface area contributed by atoms with Gasteiger partial charge in [0.25, 0.3) is 0 Å². The highest BCUT2D eigenvalue weighted by molar-refractivity contribution is 5.38. The van der Waals surface area contributed by atoms with Gasteiger partial charge in [-0.15, -0.1) is 0 Å². The molecular weight excluding hydrogens is 352 g/mol. The predicted octanol–water partition coefficient (Wildman–Crippen LogP) is 4.01. The molecule has 1 aromatic heterocycles. The van der Waals surface area contributed by atoms with Crippen LogP contribution in [0.2, 0.25) is 0 Å². The molecule has 6 heteroatoms. The summed E-state index contributed by atoms with van der Waals surface area (Å²) in [5, 5.41) is 0. The number of hydrogen-bond acceptors (Lipinski definition) is 6. The number of benzene rings is 1. The molecule has 1 aliphatic heterocycles. The Bertz CT molecular complexity index is 743. The summed E-state index contributed by atoms with van der Waals surface area (Å²) < 4.78 is 11.9. The van der Waals surface area contributed by atoms with Gasteiger partial charge < -0.3 is 15.2 Å². The molecule has 1 saturated heterocycles. The summed E-state index contributed by atoms with van der Waals surface area (Å²) >= 11 is 0. The van der Waals surface area contributed by atoms with Gasteiger partial charge in [-0.1, -0.05) is 0 Å². The van der Waals surface area contributed by atoms with E-state index in [0.717, 1.165) is 49.7 Å². The molecule has 2 heterocycles. The van der Waals surface area contributed by atoms with Crippen molar-refractivity contribution in [3.63, 3.8) is 0 Å². The second-order valence-corrected chi connectivity index (χ2v) is 8.04. The second kappa shape index (κ2) is 9.24. The van der Waals surface area contributed by atoms with E-state index in [-0.39, 0.29) is 12.2 Å². The number of nitrogens with two attached hydrogens (primary N) is 1. The zero-order chi connectivity index (χ0) is 20.1. The van der Waals surface area contributed by atoms with Gasteiger partial charge in [-0.2, -0.15) is 0 Å². The van der Waals surface area contributed by atoms with E-state index in [1.165, 1.54) is 5.56 Å². The Morgan fingerprint density at radius 2 is 1.64 bits per heavy atom. The third-order valence-electron chi connectivity index (χ3n) is 4.79. The molecule has 0 unspecified atom stereocenters. The molecule has 0 amide bonds. The largest absolute Gasteiger partial charge is 0.491 e. The average Bonchev–Trinajstić information content (AvgIpc) is 2.61. The highest BCUT2D eigenvalue weighted by atomic mass is 16.5. The lowest BCUT2D eigenvalue weighted by atomic mass is 9.93. The SMILES string of the molecule is CC(C)Oc1cc(CN2CCC(c3ccnc(N)n3)CC2)cc(OC(C)C)c1. The van der Waals surface area contributed by atoms with Crippen molar-refractivity contribution in [1.29, 1.82) is 0 Å². The fraction of sp³-hybridized carbons (Fsp3) is 0.545. The van der Waals surface area contributed by atoms with Crippen molar-refractivity contribution < 1.29 is 9.47 Å². The van der Waals surface area contributed by atoms with Crippen molar-refractivity contribution in [1.82, 2.24) is 14.9 Å². The van der Waals surface area contributed by atoms with E-state index in [0.29, 0.717) is 11.9 Å². The molecule has 152 valence electrons. The van der Waals surface area contributed by atoms with Crippen LogP contribution in [0.3, 0.4) is 0 Å². The molecule has 2 N–H and O–H groups in total. The first-order chi connectivity index (χ1) is 13.4. The van der Waals surface area contributed by atoms with Gasteiger partial charge in [0, 0.05) is 30.4 Å². The molecule has 0 aliphatic carbocycles. The lowest BCUT2D eigenvalue weighted by Crippen LogP contribution is -2.32. The second-order valence-electron chi connectivity index (χ2n) is 8.04. The molecule has 1 aromatic carbocycles. The van der Waals surface area contributed by atoms with Crippen LogP contribution in [0, 0.1) is 0 Å². The lowest BCUT2D eigenvalue weighted by molar-refractivity contribution is 0.200. The minimum absolute atomic E-state index is 0.137. The molecule has 6 nitrogen and oxygen atoms in total. The van der Waals surface area contributed by atoms with E-state index in [1.807, 2.05) is 39.8 Å². The van der Waals surface area contributed by atoms with Crippen LogP contribution in [-0.2, 0) is 6.54 Å². The van der Waals surface area contributed by atoms with Crippen molar-refractivity contribution >= 4 is 5.95 Å². The highest BCUT2D eigenvalue weighted by Crippen LogP contribution is 2.30. The van der Waals surface area contributed by atoms with E-state index in [9.17, 15) is 0 Å². The summed E-state index contributed by atoms with van der Waals surface area (Å²) in [5.41, 5.74) is 8.02. The number of rotatable bonds is 7. The topological polar surface area (TPSA) is 73.5 Å². The van der Waals surface area contributed by atoms with Crippen LogP contribution in [0.15, 0.2) is 30.5 Å². The molecule has 1 aliphatic rings. The average molecular weight is 385 g/mol. The number of anilines is 1. The normalized spacial score (nSPS) is 15.9. The Morgan fingerprint density at radius 1 is 1.04 bits per heavy atom.